The average molecular weight is 170 g/mol. The summed E-state index contributed by atoms with van der Waals surface area (Å²) in [5.41, 5.74) is 0. The molecule has 1 saturated carbocycles. The van der Waals surface area contributed by atoms with Gasteiger partial charge in [0.1, 0.15) is 0 Å². The topological polar surface area (TPSA) is 9.23 Å². The lowest BCUT2D eigenvalue weighted by molar-refractivity contribution is 0.261. The molecule has 3 atom stereocenters. The van der Waals surface area contributed by atoms with Crippen LogP contribution in [0, 0.1) is 17.8 Å². The van der Waals surface area contributed by atoms with E-state index in [1.165, 1.54) is 24.9 Å². The Balaban J connectivity index is 1.84. The van der Waals surface area contributed by atoms with Crippen molar-refractivity contribution in [1.29, 1.82) is 0 Å². The van der Waals surface area contributed by atoms with Crippen molar-refractivity contribution < 1.29 is 4.18 Å². The summed E-state index contributed by atoms with van der Waals surface area (Å²) in [6.07, 6.45) is 9.50. The van der Waals surface area contributed by atoms with Crippen LogP contribution in [-0.2, 0) is 4.18 Å². The molecule has 1 nitrogen and oxygen atoms in total. The van der Waals surface area contributed by atoms with Crippen LogP contribution >= 0.6 is 12.0 Å². The van der Waals surface area contributed by atoms with Crippen LogP contribution in [0.2, 0.25) is 0 Å². The number of hydrogen-bond acceptors (Lipinski definition) is 2. The fraction of sp³-hybridized carbons (Fsp3) is 0.778. The van der Waals surface area contributed by atoms with Gasteiger partial charge in [0, 0.05) is 6.26 Å². The maximum Gasteiger partial charge on any atom is 0.0647 e. The first-order chi connectivity index (χ1) is 5.40. The third-order valence-corrected chi connectivity index (χ3v) is 3.19. The highest BCUT2D eigenvalue weighted by Gasteiger charge is 2.35. The van der Waals surface area contributed by atoms with Crippen molar-refractivity contribution in [3.63, 3.8) is 0 Å². The highest BCUT2D eigenvalue weighted by molar-refractivity contribution is 7.93. The molecule has 0 aromatic heterocycles. The molecule has 0 aromatic rings. The van der Waals surface area contributed by atoms with Crippen LogP contribution < -0.4 is 0 Å². The van der Waals surface area contributed by atoms with Crippen molar-refractivity contribution in [2.45, 2.75) is 12.8 Å². The Morgan fingerprint density at radius 2 is 2.36 bits per heavy atom. The molecular formula is C9H14OS. The Morgan fingerprint density at radius 1 is 1.45 bits per heavy atom. The van der Waals surface area contributed by atoms with Gasteiger partial charge in [0.15, 0.2) is 0 Å². The summed E-state index contributed by atoms with van der Waals surface area (Å²) >= 11 is 1.49. The minimum Gasteiger partial charge on any atom is -0.315 e. The van der Waals surface area contributed by atoms with Crippen LogP contribution in [0.15, 0.2) is 12.2 Å². The second kappa shape index (κ2) is 3.20. The van der Waals surface area contributed by atoms with Gasteiger partial charge < -0.3 is 4.18 Å². The average Bonchev–Trinajstić information content (AvgIpc) is 2.60. The van der Waals surface area contributed by atoms with Crippen molar-refractivity contribution in [2.24, 2.45) is 17.8 Å². The molecule has 0 heterocycles. The predicted molar refractivity (Wildman–Crippen MR) is 48.3 cm³/mol. The largest absolute Gasteiger partial charge is 0.315 e. The van der Waals surface area contributed by atoms with Crippen molar-refractivity contribution in [3.05, 3.63) is 12.2 Å². The summed E-state index contributed by atoms with van der Waals surface area (Å²) in [7, 11) is 0. The van der Waals surface area contributed by atoms with Crippen molar-refractivity contribution in [1.82, 2.24) is 0 Å². The monoisotopic (exact) mass is 170 g/mol. The summed E-state index contributed by atoms with van der Waals surface area (Å²) in [4.78, 5) is 0. The van der Waals surface area contributed by atoms with Gasteiger partial charge in [0.2, 0.25) is 0 Å². The van der Waals surface area contributed by atoms with E-state index in [1.807, 2.05) is 6.26 Å². The Labute approximate surface area is 72.4 Å². The highest BCUT2D eigenvalue weighted by Crippen LogP contribution is 2.43. The van der Waals surface area contributed by atoms with Gasteiger partial charge >= 0.3 is 0 Å². The van der Waals surface area contributed by atoms with Gasteiger partial charge in [0.25, 0.3) is 0 Å². The van der Waals surface area contributed by atoms with Crippen LogP contribution in [0.5, 0.6) is 0 Å². The first-order valence-corrected chi connectivity index (χ1v) is 5.39. The molecule has 2 aliphatic carbocycles. The van der Waals surface area contributed by atoms with Crippen molar-refractivity contribution in [3.8, 4) is 0 Å². The molecule has 2 rings (SSSR count). The van der Waals surface area contributed by atoms with E-state index >= 15 is 0 Å². The van der Waals surface area contributed by atoms with Gasteiger partial charge in [-0.15, -0.1) is 0 Å². The van der Waals surface area contributed by atoms with Crippen LogP contribution in [-0.4, -0.2) is 12.9 Å². The maximum atomic E-state index is 5.35. The summed E-state index contributed by atoms with van der Waals surface area (Å²) in [5, 5.41) is 0. The van der Waals surface area contributed by atoms with Crippen molar-refractivity contribution >= 4 is 12.0 Å². The van der Waals surface area contributed by atoms with E-state index in [-0.39, 0.29) is 0 Å². The fourth-order valence-corrected chi connectivity index (χ4v) is 2.55. The lowest BCUT2D eigenvalue weighted by Crippen LogP contribution is -2.12. The molecule has 0 saturated heterocycles. The second-order valence-corrected chi connectivity index (χ2v) is 4.06. The zero-order chi connectivity index (χ0) is 7.68. The van der Waals surface area contributed by atoms with Crippen molar-refractivity contribution in [2.75, 3.05) is 12.9 Å². The van der Waals surface area contributed by atoms with Crippen LogP contribution in [0.3, 0.4) is 0 Å². The van der Waals surface area contributed by atoms with E-state index in [0.29, 0.717) is 0 Å². The van der Waals surface area contributed by atoms with Gasteiger partial charge in [-0.2, -0.15) is 0 Å². The zero-order valence-corrected chi connectivity index (χ0v) is 7.64. The van der Waals surface area contributed by atoms with E-state index in [4.69, 9.17) is 4.18 Å². The van der Waals surface area contributed by atoms with Gasteiger partial charge in [0.05, 0.1) is 6.61 Å². The summed E-state index contributed by atoms with van der Waals surface area (Å²) < 4.78 is 5.35. The summed E-state index contributed by atoms with van der Waals surface area (Å²) in [6.45, 7) is 0.951. The van der Waals surface area contributed by atoms with Gasteiger partial charge in [-0.1, -0.05) is 12.2 Å². The van der Waals surface area contributed by atoms with E-state index in [0.717, 1.165) is 24.4 Å². The molecule has 2 aliphatic rings. The Kier molecular flexibility index (Phi) is 2.23. The Bertz CT molecular complexity index is 167. The summed E-state index contributed by atoms with van der Waals surface area (Å²) in [5.74, 6) is 2.54. The molecule has 0 spiro atoms. The third-order valence-electron chi connectivity index (χ3n) is 2.82. The molecule has 11 heavy (non-hydrogen) atoms. The molecule has 0 aromatic carbocycles. The zero-order valence-electron chi connectivity index (χ0n) is 6.82. The molecule has 2 heteroatoms. The number of allylic oxidation sites excluding steroid dienone is 2. The lowest BCUT2D eigenvalue weighted by Gasteiger charge is -2.16. The first-order valence-electron chi connectivity index (χ1n) is 4.24. The Morgan fingerprint density at radius 3 is 2.91 bits per heavy atom. The first kappa shape index (κ1) is 7.69. The molecule has 1 fully saturated rings. The molecule has 0 radical (unpaired) electrons. The minimum absolute atomic E-state index is 0.817. The fourth-order valence-electron chi connectivity index (χ4n) is 2.24. The number of fused-ring (bicyclic) bond motifs is 2. The molecular weight excluding hydrogens is 156 g/mol. The molecule has 2 bridgehead atoms. The van der Waals surface area contributed by atoms with E-state index in [9.17, 15) is 0 Å². The van der Waals surface area contributed by atoms with E-state index in [1.54, 1.807) is 0 Å². The molecule has 0 N–H and O–H groups in total. The van der Waals surface area contributed by atoms with Gasteiger partial charge in [-0.3, -0.25) is 0 Å². The third kappa shape index (κ3) is 1.47. The molecule has 0 amide bonds. The standard InChI is InChI=1S/C9H14OS/c1-11-10-6-9-5-7-2-3-8(9)4-7/h2-3,7-9H,4-6H2,1H3. The second-order valence-electron chi connectivity index (χ2n) is 3.49. The Hall–Kier alpha value is 0.0500. The van der Waals surface area contributed by atoms with Crippen LogP contribution in [0.1, 0.15) is 12.8 Å². The SMILES string of the molecule is CSOCC1CC2C=CC1C2. The van der Waals surface area contributed by atoms with E-state index < -0.39 is 0 Å². The van der Waals surface area contributed by atoms with Gasteiger partial charge in [-0.05, 0) is 42.6 Å². The number of hydrogen-bond donors (Lipinski definition) is 0. The van der Waals surface area contributed by atoms with E-state index in [2.05, 4.69) is 12.2 Å². The number of rotatable bonds is 3. The molecule has 0 aliphatic heterocycles. The smallest absolute Gasteiger partial charge is 0.0647 e. The predicted octanol–water partition coefficient (Wildman–Crippen LogP) is 2.49. The van der Waals surface area contributed by atoms with Crippen LogP contribution in [0.25, 0.3) is 0 Å². The summed E-state index contributed by atoms with van der Waals surface area (Å²) in [6, 6.07) is 0. The molecule has 62 valence electrons. The van der Waals surface area contributed by atoms with Gasteiger partial charge in [-0.25, -0.2) is 0 Å². The minimum atomic E-state index is 0.817. The van der Waals surface area contributed by atoms with Crippen LogP contribution in [0.4, 0.5) is 0 Å². The quantitative estimate of drug-likeness (QED) is 0.475. The highest BCUT2D eigenvalue weighted by atomic mass is 32.2. The normalized spacial score (nSPS) is 40.3. The maximum absolute atomic E-state index is 5.35. The lowest BCUT2D eigenvalue weighted by atomic mass is 9.95. The molecule has 3 unspecified atom stereocenters.